The summed E-state index contributed by atoms with van der Waals surface area (Å²) < 4.78 is 14.8. The number of hydrogen-bond donors (Lipinski definition) is 0. The minimum absolute atomic E-state index is 0.0926. The first kappa shape index (κ1) is 11.1. The predicted octanol–water partition coefficient (Wildman–Crippen LogP) is 1.27. The number of aryl methyl sites for hydroxylation is 1. The van der Waals surface area contributed by atoms with Crippen LogP contribution in [0.2, 0.25) is 0 Å². The first-order chi connectivity index (χ1) is 8.13. The van der Waals surface area contributed by atoms with Crippen LogP contribution in [0.5, 0.6) is 0 Å². The van der Waals surface area contributed by atoms with E-state index < -0.39 is 10.7 Å². The van der Waals surface area contributed by atoms with Crippen LogP contribution in [0.25, 0.3) is 5.82 Å². The van der Waals surface area contributed by atoms with Crippen molar-refractivity contribution in [2.45, 2.75) is 13.3 Å². The van der Waals surface area contributed by atoms with Crippen molar-refractivity contribution in [1.82, 2.24) is 19.7 Å². The van der Waals surface area contributed by atoms with Gasteiger partial charge in [-0.15, -0.1) is 0 Å². The van der Waals surface area contributed by atoms with E-state index >= 15 is 0 Å². The van der Waals surface area contributed by atoms with E-state index in [-0.39, 0.29) is 17.2 Å². The topological polar surface area (TPSA) is 86.7 Å². The summed E-state index contributed by atoms with van der Waals surface area (Å²) in [5.74, 6) is -0.710. The van der Waals surface area contributed by atoms with Gasteiger partial charge in [-0.2, -0.15) is 5.10 Å². The molecule has 7 nitrogen and oxygen atoms in total. The van der Waals surface area contributed by atoms with Crippen LogP contribution < -0.4 is 0 Å². The number of nitrogens with zero attached hydrogens (tertiary/aromatic N) is 5. The average Bonchev–Trinajstić information content (AvgIpc) is 2.78. The molecular weight excluding hydrogens is 229 g/mol. The Hall–Kier alpha value is -2.38. The Bertz CT molecular complexity index is 568. The van der Waals surface area contributed by atoms with Crippen LogP contribution in [-0.4, -0.2) is 24.7 Å². The van der Waals surface area contributed by atoms with Crippen molar-refractivity contribution < 1.29 is 9.31 Å². The van der Waals surface area contributed by atoms with Crippen molar-refractivity contribution in [1.29, 1.82) is 0 Å². The van der Waals surface area contributed by atoms with Gasteiger partial charge in [0.2, 0.25) is 0 Å². The van der Waals surface area contributed by atoms with Crippen LogP contribution >= 0.6 is 0 Å². The normalized spacial score (nSPS) is 10.5. The number of halogens is 1. The molecule has 0 radical (unpaired) electrons. The molecule has 0 aliphatic rings. The Morgan fingerprint density at radius 2 is 2.29 bits per heavy atom. The Balaban J connectivity index is 2.49. The Morgan fingerprint density at radius 1 is 1.53 bits per heavy atom. The molecule has 2 rings (SSSR count). The van der Waals surface area contributed by atoms with Crippen LogP contribution in [0.3, 0.4) is 0 Å². The molecule has 0 fully saturated rings. The second-order valence-corrected chi connectivity index (χ2v) is 3.21. The van der Waals surface area contributed by atoms with Gasteiger partial charge in [-0.1, -0.05) is 6.92 Å². The third-order valence-corrected chi connectivity index (χ3v) is 2.17. The lowest BCUT2D eigenvalue weighted by Crippen LogP contribution is -2.06. The first-order valence-electron chi connectivity index (χ1n) is 4.82. The molecule has 0 spiro atoms. The molecule has 0 aliphatic heterocycles. The van der Waals surface area contributed by atoms with E-state index in [1.54, 1.807) is 6.92 Å². The highest BCUT2D eigenvalue weighted by Gasteiger charge is 2.15. The molecule has 8 heteroatoms. The van der Waals surface area contributed by atoms with Crippen molar-refractivity contribution in [2.75, 3.05) is 0 Å². The molecule has 0 N–H and O–H groups in total. The molecule has 0 atom stereocenters. The van der Waals surface area contributed by atoms with Gasteiger partial charge in [-0.05, 0) is 6.42 Å². The van der Waals surface area contributed by atoms with E-state index in [2.05, 4.69) is 15.1 Å². The van der Waals surface area contributed by atoms with Gasteiger partial charge < -0.3 is 0 Å². The van der Waals surface area contributed by atoms with Crippen LogP contribution in [-0.2, 0) is 6.42 Å². The van der Waals surface area contributed by atoms with Gasteiger partial charge in [-0.3, -0.25) is 10.1 Å². The summed E-state index contributed by atoms with van der Waals surface area (Å²) in [4.78, 5) is 17.4. The Morgan fingerprint density at radius 3 is 2.88 bits per heavy atom. The molecule has 0 aromatic carbocycles. The lowest BCUT2D eigenvalue weighted by Gasteiger charge is -2.03. The van der Waals surface area contributed by atoms with Gasteiger partial charge in [0.05, 0.1) is 10.6 Å². The maximum Gasteiger partial charge on any atom is 0.307 e. The van der Waals surface area contributed by atoms with Gasteiger partial charge in [0.15, 0.2) is 11.6 Å². The number of aromatic nitrogens is 4. The molecule has 0 unspecified atom stereocenters. The van der Waals surface area contributed by atoms with Gasteiger partial charge in [0.1, 0.15) is 18.7 Å². The van der Waals surface area contributed by atoms with Gasteiger partial charge in [0, 0.05) is 0 Å². The molecule has 2 heterocycles. The molecule has 2 aromatic rings. The highest BCUT2D eigenvalue weighted by atomic mass is 19.1. The standard InChI is InChI=1S/C9H8FN5O2/c1-2-7-8(10)9(12-5-11-7)14-4-6(3-13-14)15(16)17/h3-5H,2H2,1H3. The van der Waals surface area contributed by atoms with Gasteiger partial charge in [-0.25, -0.2) is 19.0 Å². The SMILES string of the molecule is CCc1ncnc(-n2cc([N+](=O)[O-])cn2)c1F. The van der Waals surface area contributed by atoms with E-state index in [9.17, 15) is 14.5 Å². The zero-order valence-electron chi connectivity index (χ0n) is 8.87. The van der Waals surface area contributed by atoms with Crippen LogP contribution in [0.1, 0.15) is 12.6 Å². The predicted molar refractivity (Wildman–Crippen MR) is 55.1 cm³/mol. The summed E-state index contributed by atoms with van der Waals surface area (Å²) in [6.07, 6.45) is 3.74. The molecule has 2 aromatic heterocycles. The third-order valence-electron chi connectivity index (χ3n) is 2.17. The summed E-state index contributed by atoms with van der Waals surface area (Å²) in [5, 5.41) is 14.2. The minimum Gasteiger partial charge on any atom is -0.258 e. The van der Waals surface area contributed by atoms with Gasteiger partial charge in [0.25, 0.3) is 0 Å². The molecule has 0 saturated heterocycles. The monoisotopic (exact) mass is 237 g/mol. The van der Waals surface area contributed by atoms with Crippen LogP contribution in [0, 0.1) is 15.9 Å². The van der Waals surface area contributed by atoms with Crippen LogP contribution in [0.15, 0.2) is 18.7 Å². The third kappa shape index (κ3) is 1.96. The molecule has 17 heavy (non-hydrogen) atoms. The zero-order chi connectivity index (χ0) is 12.4. The van der Waals surface area contributed by atoms with Crippen molar-refractivity contribution in [3.8, 4) is 5.82 Å². The fourth-order valence-electron chi connectivity index (χ4n) is 1.33. The van der Waals surface area contributed by atoms with Gasteiger partial charge >= 0.3 is 5.69 Å². The van der Waals surface area contributed by atoms with Crippen molar-refractivity contribution in [2.24, 2.45) is 0 Å². The highest BCUT2D eigenvalue weighted by Crippen LogP contribution is 2.15. The lowest BCUT2D eigenvalue weighted by molar-refractivity contribution is -0.384. The van der Waals surface area contributed by atoms with E-state index in [1.165, 1.54) is 6.33 Å². The summed E-state index contributed by atoms with van der Waals surface area (Å²) in [6, 6.07) is 0. The molecular formula is C9H8FN5O2. The smallest absolute Gasteiger partial charge is 0.258 e. The minimum atomic E-state index is -0.618. The highest BCUT2D eigenvalue weighted by molar-refractivity contribution is 5.30. The molecule has 0 aliphatic carbocycles. The summed E-state index contributed by atoms with van der Waals surface area (Å²) in [7, 11) is 0. The summed E-state index contributed by atoms with van der Waals surface area (Å²) in [6.45, 7) is 1.75. The van der Waals surface area contributed by atoms with Crippen molar-refractivity contribution in [3.05, 3.63) is 40.3 Å². The first-order valence-corrected chi connectivity index (χ1v) is 4.82. The number of hydrogen-bond acceptors (Lipinski definition) is 5. The maximum atomic E-state index is 13.8. The largest absolute Gasteiger partial charge is 0.307 e. The quantitative estimate of drug-likeness (QED) is 0.592. The lowest BCUT2D eigenvalue weighted by atomic mass is 10.3. The number of nitro groups is 1. The Labute approximate surface area is 95.1 Å². The Kier molecular flexibility index (Phi) is 2.77. The second kappa shape index (κ2) is 4.24. The van der Waals surface area contributed by atoms with E-state index in [0.29, 0.717) is 6.42 Å². The van der Waals surface area contributed by atoms with E-state index in [4.69, 9.17) is 0 Å². The second-order valence-electron chi connectivity index (χ2n) is 3.21. The molecule has 88 valence electrons. The molecule has 0 amide bonds. The fourth-order valence-corrected chi connectivity index (χ4v) is 1.33. The molecule has 0 saturated carbocycles. The summed E-state index contributed by atoms with van der Waals surface area (Å²) in [5.41, 5.74) is 0.0224. The van der Waals surface area contributed by atoms with Crippen molar-refractivity contribution in [3.63, 3.8) is 0 Å². The van der Waals surface area contributed by atoms with Crippen molar-refractivity contribution >= 4 is 5.69 Å². The van der Waals surface area contributed by atoms with E-state index in [0.717, 1.165) is 17.1 Å². The van der Waals surface area contributed by atoms with Crippen LogP contribution in [0.4, 0.5) is 10.1 Å². The molecule has 0 bridgehead atoms. The number of rotatable bonds is 3. The zero-order valence-corrected chi connectivity index (χ0v) is 8.87. The maximum absolute atomic E-state index is 13.8. The average molecular weight is 237 g/mol. The van der Waals surface area contributed by atoms with E-state index in [1.807, 2.05) is 0 Å². The summed E-state index contributed by atoms with van der Waals surface area (Å²) >= 11 is 0. The fraction of sp³-hybridized carbons (Fsp3) is 0.222.